The summed E-state index contributed by atoms with van der Waals surface area (Å²) in [6.07, 6.45) is 8.92. The summed E-state index contributed by atoms with van der Waals surface area (Å²) in [5, 5.41) is 0. The molecule has 2 aliphatic rings. The van der Waals surface area contributed by atoms with Crippen LogP contribution >= 0.6 is 0 Å². The van der Waals surface area contributed by atoms with Crippen LogP contribution in [0.25, 0.3) is 16.7 Å². The molecule has 0 fully saturated rings. The first-order valence-electron chi connectivity index (χ1n) is 6.66. The van der Waals surface area contributed by atoms with Crippen LogP contribution in [0.1, 0.15) is 23.1 Å². The van der Waals surface area contributed by atoms with E-state index >= 15 is 0 Å². The van der Waals surface area contributed by atoms with Gasteiger partial charge in [-0.25, -0.2) is 0 Å². The molecule has 2 aliphatic carbocycles. The third-order valence-electron chi connectivity index (χ3n) is 4.10. The summed E-state index contributed by atoms with van der Waals surface area (Å²) in [6, 6.07) is 13.5. The van der Waals surface area contributed by atoms with Gasteiger partial charge >= 0.3 is 129 Å². The summed E-state index contributed by atoms with van der Waals surface area (Å²) in [6.45, 7) is 0. The number of fused-ring (bicyclic) bond motifs is 3. The Balaban J connectivity index is 1.89. The average molecular weight is 408 g/mol. The van der Waals surface area contributed by atoms with Crippen LogP contribution in [-0.4, -0.2) is 0 Å². The molecule has 0 amide bonds. The van der Waals surface area contributed by atoms with Gasteiger partial charge in [0.2, 0.25) is 0 Å². The summed E-state index contributed by atoms with van der Waals surface area (Å²) in [4.78, 5) is 0. The summed E-state index contributed by atoms with van der Waals surface area (Å²) in [7, 11) is 0. The Kier molecular flexibility index (Phi) is 2.70. The molecular formula is C18H13Hf. The van der Waals surface area contributed by atoms with Crippen LogP contribution in [0.5, 0.6) is 0 Å². The minimum absolute atomic E-state index is 1.10. The fourth-order valence-electron chi connectivity index (χ4n) is 3.13. The molecule has 0 nitrogen and oxygen atoms in total. The van der Waals surface area contributed by atoms with Crippen LogP contribution in [0.2, 0.25) is 0 Å². The van der Waals surface area contributed by atoms with Crippen molar-refractivity contribution >= 4 is 8.89 Å². The third kappa shape index (κ3) is 1.75. The molecule has 0 aliphatic heterocycles. The van der Waals surface area contributed by atoms with Crippen molar-refractivity contribution in [1.29, 1.82) is 0 Å². The number of rotatable bonds is 1. The second kappa shape index (κ2) is 4.42. The topological polar surface area (TPSA) is 0 Å². The SMILES string of the molecule is [Hf][c]1c(C2=CC=CC2)ccc2c1Cc1ccccc1-2. The molecule has 0 saturated carbocycles. The van der Waals surface area contributed by atoms with Gasteiger partial charge in [-0.15, -0.1) is 0 Å². The van der Waals surface area contributed by atoms with Crippen molar-refractivity contribution in [3.63, 3.8) is 0 Å². The van der Waals surface area contributed by atoms with Gasteiger partial charge in [0, 0.05) is 0 Å². The van der Waals surface area contributed by atoms with Crippen molar-refractivity contribution in [2.45, 2.75) is 12.8 Å². The first-order chi connectivity index (χ1) is 9.34. The van der Waals surface area contributed by atoms with Gasteiger partial charge in [-0.05, 0) is 0 Å². The molecule has 2 aromatic rings. The van der Waals surface area contributed by atoms with Gasteiger partial charge in [-0.1, -0.05) is 0 Å². The van der Waals surface area contributed by atoms with E-state index in [2.05, 4.69) is 54.6 Å². The van der Waals surface area contributed by atoms with Crippen LogP contribution in [0, 0.1) is 0 Å². The van der Waals surface area contributed by atoms with Gasteiger partial charge in [0.05, 0.1) is 0 Å². The van der Waals surface area contributed by atoms with E-state index in [0.29, 0.717) is 0 Å². The second-order valence-corrected chi connectivity index (χ2v) is 6.97. The van der Waals surface area contributed by atoms with Gasteiger partial charge in [0.1, 0.15) is 0 Å². The molecule has 0 aromatic heterocycles. The summed E-state index contributed by atoms with van der Waals surface area (Å²) in [5.41, 5.74) is 8.96. The van der Waals surface area contributed by atoms with Crippen LogP contribution < -0.4 is 3.32 Å². The van der Waals surface area contributed by atoms with E-state index in [1.54, 1.807) is 8.88 Å². The second-order valence-electron chi connectivity index (χ2n) is 5.17. The third-order valence-corrected chi connectivity index (χ3v) is 6.16. The monoisotopic (exact) mass is 409 g/mol. The van der Waals surface area contributed by atoms with Crippen LogP contribution in [0.15, 0.2) is 54.6 Å². The molecule has 89 valence electrons. The fourth-order valence-corrected chi connectivity index (χ4v) is 4.80. The van der Waals surface area contributed by atoms with Crippen molar-refractivity contribution in [3.05, 3.63) is 71.3 Å². The Morgan fingerprint density at radius 1 is 0.895 bits per heavy atom. The predicted molar refractivity (Wildman–Crippen MR) is 76.1 cm³/mol. The first-order valence-corrected chi connectivity index (χ1v) is 8.46. The number of allylic oxidation sites excluding steroid dienone is 4. The van der Waals surface area contributed by atoms with Gasteiger partial charge in [-0.2, -0.15) is 0 Å². The van der Waals surface area contributed by atoms with Crippen LogP contribution in [0.4, 0.5) is 0 Å². The van der Waals surface area contributed by atoms with Crippen molar-refractivity contribution in [2.75, 3.05) is 0 Å². The molecule has 0 saturated heterocycles. The molecule has 0 spiro atoms. The summed E-state index contributed by atoms with van der Waals surface area (Å²) in [5.74, 6) is 0. The Bertz CT molecular complexity index is 735. The van der Waals surface area contributed by atoms with E-state index in [-0.39, 0.29) is 0 Å². The molecule has 0 heterocycles. The molecule has 0 unspecified atom stereocenters. The van der Waals surface area contributed by atoms with Gasteiger partial charge in [0.15, 0.2) is 0 Å². The van der Waals surface area contributed by atoms with Gasteiger partial charge in [0.25, 0.3) is 0 Å². The van der Waals surface area contributed by atoms with Crippen molar-refractivity contribution in [3.8, 4) is 11.1 Å². The zero-order valence-corrected chi connectivity index (χ0v) is 14.2. The minimum atomic E-state index is 1.10. The quantitative estimate of drug-likeness (QED) is 0.539. The molecule has 2 aromatic carbocycles. The number of hydrogen-bond donors (Lipinski definition) is 0. The molecule has 19 heavy (non-hydrogen) atoms. The van der Waals surface area contributed by atoms with Crippen molar-refractivity contribution < 1.29 is 24.4 Å². The molecule has 0 radical (unpaired) electrons. The molecule has 0 N–H and O–H groups in total. The van der Waals surface area contributed by atoms with Gasteiger partial charge in [-0.3, -0.25) is 0 Å². The van der Waals surface area contributed by atoms with Crippen LogP contribution in [-0.2, 0) is 30.8 Å². The number of hydrogen-bond acceptors (Lipinski definition) is 0. The Morgan fingerprint density at radius 3 is 2.58 bits per heavy atom. The number of benzene rings is 2. The Hall–Kier alpha value is -1.21. The zero-order valence-electron chi connectivity index (χ0n) is 10.6. The van der Waals surface area contributed by atoms with Crippen molar-refractivity contribution in [1.82, 2.24) is 0 Å². The van der Waals surface area contributed by atoms with E-state index in [4.69, 9.17) is 0 Å². The van der Waals surface area contributed by atoms with E-state index in [1.165, 1.54) is 27.8 Å². The molecular weight excluding hydrogens is 395 g/mol. The molecule has 1 heteroatoms. The van der Waals surface area contributed by atoms with Crippen LogP contribution in [0.3, 0.4) is 0 Å². The maximum absolute atomic E-state index is 2.34. The summed E-state index contributed by atoms with van der Waals surface area (Å²) < 4.78 is 1.60. The molecule has 0 atom stereocenters. The average Bonchev–Trinajstić information content (AvgIpc) is 3.06. The predicted octanol–water partition coefficient (Wildman–Crippen LogP) is 3.77. The Morgan fingerprint density at radius 2 is 1.74 bits per heavy atom. The maximum atomic E-state index is 2.34. The first kappa shape index (κ1) is 11.6. The standard InChI is InChI=1S/C18H13.Hf/c1-2-6-13(5-1)14-9-10-18-16(11-14)12-15-7-3-4-8-17(15)18;/h1-5,7-10H,6,12H2;. The van der Waals surface area contributed by atoms with E-state index in [9.17, 15) is 0 Å². The van der Waals surface area contributed by atoms with Gasteiger partial charge < -0.3 is 0 Å². The fraction of sp³-hybridized carbons (Fsp3) is 0.111. The van der Waals surface area contributed by atoms with E-state index in [0.717, 1.165) is 37.2 Å². The zero-order chi connectivity index (χ0) is 12.8. The molecule has 0 bridgehead atoms. The summed E-state index contributed by atoms with van der Waals surface area (Å²) >= 11 is 1.12. The van der Waals surface area contributed by atoms with E-state index in [1.807, 2.05) is 0 Å². The van der Waals surface area contributed by atoms with E-state index < -0.39 is 0 Å². The van der Waals surface area contributed by atoms with Crippen molar-refractivity contribution in [2.24, 2.45) is 0 Å². The Labute approximate surface area is 128 Å². The normalized spacial score (nSPS) is 15.2. The molecule has 4 rings (SSSR count).